The zero-order valence-corrected chi connectivity index (χ0v) is 15.3. The fraction of sp³-hybridized carbons (Fsp3) is 0.500. The van der Waals surface area contributed by atoms with Gasteiger partial charge in [0.2, 0.25) is 11.6 Å². The van der Waals surface area contributed by atoms with Crippen molar-refractivity contribution in [1.82, 2.24) is 10.3 Å². The number of carbonyl (C=O) groups excluding carboxylic acids is 2. The molecule has 138 valence electrons. The van der Waals surface area contributed by atoms with Crippen LogP contribution in [0.3, 0.4) is 0 Å². The number of anilines is 1. The minimum Gasteiger partial charge on any atom is -0.476 e. The second kappa shape index (κ2) is 8.42. The van der Waals surface area contributed by atoms with Gasteiger partial charge in [-0.1, -0.05) is 5.16 Å². The van der Waals surface area contributed by atoms with Gasteiger partial charge >= 0.3 is 12.1 Å². The Labute approximate surface area is 148 Å². The number of amides is 2. The van der Waals surface area contributed by atoms with Crippen LogP contribution < -0.4 is 10.6 Å². The van der Waals surface area contributed by atoms with Gasteiger partial charge in [0.05, 0.1) is 0 Å². The third-order valence-electron chi connectivity index (χ3n) is 2.49. The maximum absolute atomic E-state index is 12.1. The minimum absolute atomic E-state index is 0.0439. The standard InChI is InChI=1S/C14H20N4O6S/c1-7(15-13(22)24-14(2,3)4)10(19)17-12-16-8(6-25-12)9(11(20)21)18-23-5/h6-7H,1-5H3,(H,15,22)(H,20,21)(H,16,17,19)/b18-9+. The van der Waals surface area contributed by atoms with Crippen LogP contribution in [-0.2, 0) is 19.2 Å². The average molecular weight is 372 g/mol. The van der Waals surface area contributed by atoms with Crippen LogP contribution in [0.1, 0.15) is 33.4 Å². The summed E-state index contributed by atoms with van der Waals surface area (Å²) in [5.41, 5.74) is -1.03. The maximum Gasteiger partial charge on any atom is 0.408 e. The van der Waals surface area contributed by atoms with Gasteiger partial charge in [0.25, 0.3) is 0 Å². The monoisotopic (exact) mass is 372 g/mol. The van der Waals surface area contributed by atoms with Crippen LogP contribution in [0.5, 0.6) is 0 Å². The van der Waals surface area contributed by atoms with Crippen molar-refractivity contribution in [2.45, 2.75) is 39.3 Å². The van der Waals surface area contributed by atoms with Gasteiger partial charge in [0.1, 0.15) is 24.4 Å². The van der Waals surface area contributed by atoms with Gasteiger partial charge in [0, 0.05) is 5.38 Å². The Morgan fingerprint density at radius 1 is 1.36 bits per heavy atom. The first kappa shape index (κ1) is 20.4. The SMILES string of the molecule is CO/N=C(/C(=O)O)c1csc(NC(=O)C(C)NC(=O)OC(C)(C)C)n1. The highest BCUT2D eigenvalue weighted by Crippen LogP contribution is 2.17. The van der Waals surface area contributed by atoms with Gasteiger partial charge < -0.3 is 25.3 Å². The Balaban J connectivity index is 2.70. The highest BCUT2D eigenvalue weighted by atomic mass is 32.1. The van der Waals surface area contributed by atoms with E-state index in [1.165, 1.54) is 19.4 Å². The molecule has 1 aromatic rings. The fourth-order valence-corrected chi connectivity index (χ4v) is 2.19. The number of carboxylic acids is 1. The summed E-state index contributed by atoms with van der Waals surface area (Å²) < 4.78 is 5.06. The van der Waals surface area contributed by atoms with Crippen LogP contribution in [0.25, 0.3) is 0 Å². The summed E-state index contributed by atoms with van der Waals surface area (Å²) in [6, 6.07) is -0.881. The number of aliphatic carboxylic acids is 1. The molecule has 0 aliphatic carbocycles. The van der Waals surface area contributed by atoms with Crippen LogP contribution in [0.15, 0.2) is 10.5 Å². The zero-order chi connectivity index (χ0) is 19.2. The molecule has 1 atom stereocenters. The summed E-state index contributed by atoms with van der Waals surface area (Å²) in [6.45, 7) is 6.59. The quantitative estimate of drug-likeness (QED) is 0.507. The number of aromatic nitrogens is 1. The lowest BCUT2D eigenvalue weighted by atomic mass is 10.2. The number of hydrogen-bond donors (Lipinski definition) is 3. The summed E-state index contributed by atoms with van der Waals surface area (Å²) in [5.74, 6) is -1.85. The van der Waals surface area contributed by atoms with Gasteiger partial charge in [0.15, 0.2) is 5.13 Å². The molecule has 1 aromatic heterocycles. The molecule has 10 nitrogen and oxygen atoms in total. The number of carbonyl (C=O) groups is 3. The highest BCUT2D eigenvalue weighted by Gasteiger charge is 2.22. The third-order valence-corrected chi connectivity index (χ3v) is 3.25. The van der Waals surface area contributed by atoms with E-state index in [9.17, 15) is 14.4 Å². The first-order chi connectivity index (χ1) is 11.5. The molecule has 11 heteroatoms. The van der Waals surface area contributed by atoms with E-state index in [1.807, 2.05) is 0 Å². The lowest BCUT2D eigenvalue weighted by Gasteiger charge is -2.21. The predicted molar refractivity (Wildman–Crippen MR) is 90.8 cm³/mol. The van der Waals surface area contributed by atoms with Crippen molar-refractivity contribution in [3.05, 3.63) is 11.1 Å². The number of thiazole rings is 1. The van der Waals surface area contributed by atoms with E-state index in [-0.39, 0.29) is 16.5 Å². The number of nitrogens with one attached hydrogen (secondary N) is 2. The summed E-state index contributed by atoms with van der Waals surface area (Å²) in [7, 11) is 1.21. The van der Waals surface area contributed by atoms with Gasteiger partial charge in [-0.2, -0.15) is 0 Å². The third kappa shape index (κ3) is 6.75. The van der Waals surface area contributed by atoms with Crippen LogP contribution in [0.4, 0.5) is 9.93 Å². The van der Waals surface area contributed by atoms with E-state index in [0.29, 0.717) is 0 Å². The summed E-state index contributed by atoms with van der Waals surface area (Å²) in [6.07, 6.45) is -0.727. The van der Waals surface area contributed by atoms with Crippen LogP contribution in [-0.4, -0.2) is 52.5 Å². The van der Waals surface area contributed by atoms with E-state index in [2.05, 4.69) is 25.6 Å². The fourth-order valence-electron chi connectivity index (χ4n) is 1.49. The molecule has 1 heterocycles. The molecule has 0 aromatic carbocycles. The Morgan fingerprint density at radius 2 is 2.00 bits per heavy atom. The van der Waals surface area contributed by atoms with Crippen LogP contribution in [0.2, 0.25) is 0 Å². The van der Waals surface area contributed by atoms with E-state index < -0.39 is 29.6 Å². The topological polar surface area (TPSA) is 139 Å². The number of oxime groups is 1. The van der Waals surface area contributed by atoms with Crippen molar-refractivity contribution in [3.63, 3.8) is 0 Å². The van der Waals surface area contributed by atoms with Crippen molar-refractivity contribution in [2.75, 3.05) is 12.4 Å². The van der Waals surface area contributed by atoms with Crippen molar-refractivity contribution in [3.8, 4) is 0 Å². The summed E-state index contributed by atoms with van der Waals surface area (Å²) in [5, 5.41) is 18.8. The molecule has 1 unspecified atom stereocenters. The number of hydrogen-bond acceptors (Lipinski definition) is 8. The van der Waals surface area contributed by atoms with Gasteiger partial charge in [-0.25, -0.2) is 14.6 Å². The van der Waals surface area contributed by atoms with Gasteiger partial charge in [-0.05, 0) is 27.7 Å². The lowest BCUT2D eigenvalue weighted by Crippen LogP contribution is -2.43. The van der Waals surface area contributed by atoms with Crippen LogP contribution in [0, 0.1) is 0 Å². The first-order valence-corrected chi connectivity index (χ1v) is 8.02. The molecule has 0 aliphatic rings. The number of nitrogens with zero attached hydrogens (tertiary/aromatic N) is 2. The number of rotatable bonds is 6. The molecular weight excluding hydrogens is 352 g/mol. The lowest BCUT2D eigenvalue weighted by molar-refractivity contribution is -0.129. The van der Waals surface area contributed by atoms with E-state index in [4.69, 9.17) is 9.84 Å². The summed E-state index contributed by atoms with van der Waals surface area (Å²) >= 11 is 1.01. The Hall–Kier alpha value is -2.69. The van der Waals surface area contributed by atoms with Crippen molar-refractivity contribution >= 4 is 40.1 Å². The molecule has 0 bridgehead atoms. The number of alkyl carbamates (subject to hydrolysis) is 1. The smallest absolute Gasteiger partial charge is 0.408 e. The summed E-state index contributed by atoms with van der Waals surface area (Å²) in [4.78, 5) is 43.2. The van der Waals surface area contributed by atoms with E-state index >= 15 is 0 Å². The molecule has 25 heavy (non-hydrogen) atoms. The van der Waals surface area contributed by atoms with Crippen molar-refractivity contribution in [1.29, 1.82) is 0 Å². The Kier molecular flexibility index (Phi) is 6.86. The van der Waals surface area contributed by atoms with Crippen molar-refractivity contribution < 1.29 is 29.1 Å². The molecule has 0 spiro atoms. The molecule has 0 aliphatic heterocycles. The molecule has 2 amide bonds. The second-order valence-corrected chi connectivity index (χ2v) is 6.68. The molecule has 1 rings (SSSR count). The number of carboxylic acid groups (broad SMARTS) is 1. The Bertz CT molecular complexity index is 679. The van der Waals surface area contributed by atoms with E-state index in [1.54, 1.807) is 20.8 Å². The van der Waals surface area contributed by atoms with Gasteiger partial charge in [-0.15, -0.1) is 11.3 Å². The molecule has 0 fully saturated rings. The van der Waals surface area contributed by atoms with Crippen LogP contribution >= 0.6 is 11.3 Å². The molecule has 3 N–H and O–H groups in total. The predicted octanol–water partition coefficient (Wildman–Crippen LogP) is 1.43. The molecule has 0 saturated heterocycles. The average Bonchev–Trinajstić information content (AvgIpc) is 2.90. The van der Waals surface area contributed by atoms with Crippen molar-refractivity contribution in [2.24, 2.45) is 5.16 Å². The maximum atomic E-state index is 12.1. The highest BCUT2D eigenvalue weighted by molar-refractivity contribution is 7.14. The minimum atomic E-state index is -1.31. The number of ether oxygens (including phenoxy) is 1. The molecular formula is C14H20N4O6S. The largest absolute Gasteiger partial charge is 0.476 e. The normalized spacial score (nSPS) is 12.9. The molecule has 0 saturated carbocycles. The van der Waals surface area contributed by atoms with E-state index in [0.717, 1.165) is 11.3 Å². The first-order valence-electron chi connectivity index (χ1n) is 7.14. The zero-order valence-electron chi connectivity index (χ0n) is 14.4. The molecule has 0 radical (unpaired) electrons. The Morgan fingerprint density at radius 3 is 2.52 bits per heavy atom. The van der Waals surface area contributed by atoms with Gasteiger partial charge in [-0.3, -0.25) is 4.79 Å². The second-order valence-electron chi connectivity index (χ2n) is 5.82.